The van der Waals surface area contributed by atoms with Crippen LogP contribution in [0.3, 0.4) is 0 Å². The predicted octanol–water partition coefficient (Wildman–Crippen LogP) is 2.88. The molecule has 1 saturated heterocycles. The Balaban J connectivity index is 1.30. The zero-order valence-electron chi connectivity index (χ0n) is 15.2. The molecular weight excluding hydrogens is 376 g/mol. The molecule has 0 radical (unpaired) electrons. The zero-order valence-corrected chi connectivity index (χ0v) is 16.0. The van der Waals surface area contributed by atoms with Crippen LogP contribution in [0.4, 0.5) is 11.5 Å². The van der Waals surface area contributed by atoms with E-state index in [1.165, 1.54) is 6.26 Å². The van der Waals surface area contributed by atoms with E-state index in [1.807, 2.05) is 29.6 Å². The molecule has 1 aliphatic rings. The van der Waals surface area contributed by atoms with Crippen LogP contribution >= 0.6 is 11.3 Å². The van der Waals surface area contributed by atoms with Gasteiger partial charge in [0, 0.05) is 31.1 Å². The summed E-state index contributed by atoms with van der Waals surface area (Å²) in [7, 11) is 0. The monoisotopic (exact) mass is 396 g/mol. The van der Waals surface area contributed by atoms with Crippen LogP contribution in [0.2, 0.25) is 0 Å². The van der Waals surface area contributed by atoms with Crippen molar-refractivity contribution in [1.29, 1.82) is 0 Å². The first-order chi connectivity index (χ1) is 13.7. The molecule has 1 N–H and O–H groups in total. The quantitative estimate of drug-likeness (QED) is 0.717. The van der Waals surface area contributed by atoms with Gasteiger partial charge in [0.05, 0.1) is 24.6 Å². The fourth-order valence-corrected chi connectivity index (χ4v) is 3.83. The standard InChI is InChI=1S/C20H20N4O3S/c25-19(13-16-3-2-12-28-16)22-18-6-5-15(14-21-18)23-7-9-24(10-8-23)20(26)17-4-1-11-27-17/h1-6,11-12,14H,7-10,13H2,(H,21,22,25). The molecule has 28 heavy (non-hydrogen) atoms. The minimum atomic E-state index is -0.0772. The number of anilines is 2. The zero-order chi connectivity index (χ0) is 19.3. The highest BCUT2D eigenvalue weighted by molar-refractivity contribution is 7.10. The van der Waals surface area contributed by atoms with Gasteiger partial charge in [-0.2, -0.15) is 0 Å². The molecule has 3 aromatic heterocycles. The summed E-state index contributed by atoms with van der Waals surface area (Å²) in [6.45, 7) is 2.69. The van der Waals surface area contributed by atoms with Gasteiger partial charge in [-0.25, -0.2) is 4.98 Å². The molecule has 3 aromatic rings. The van der Waals surface area contributed by atoms with Crippen LogP contribution < -0.4 is 10.2 Å². The molecule has 0 aromatic carbocycles. The van der Waals surface area contributed by atoms with Gasteiger partial charge in [-0.05, 0) is 35.7 Å². The van der Waals surface area contributed by atoms with Gasteiger partial charge < -0.3 is 19.5 Å². The second kappa shape index (κ2) is 8.26. The lowest BCUT2D eigenvalue weighted by molar-refractivity contribution is -0.115. The maximum Gasteiger partial charge on any atom is 0.289 e. The molecule has 7 nitrogen and oxygen atoms in total. The number of nitrogens with one attached hydrogen (secondary N) is 1. The number of carbonyl (C=O) groups is 2. The molecule has 0 unspecified atom stereocenters. The van der Waals surface area contributed by atoms with E-state index in [1.54, 1.807) is 34.6 Å². The van der Waals surface area contributed by atoms with Crippen molar-refractivity contribution >= 4 is 34.7 Å². The van der Waals surface area contributed by atoms with Crippen LogP contribution in [0.5, 0.6) is 0 Å². The Kier molecular flexibility index (Phi) is 5.38. The summed E-state index contributed by atoms with van der Waals surface area (Å²) in [6.07, 6.45) is 3.62. The van der Waals surface area contributed by atoms with E-state index in [4.69, 9.17) is 4.42 Å². The lowest BCUT2D eigenvalue weighted by atomic mass is 10.2. The van der Waals surface area contributed by atoms with Crippen molar-refractivity contribution in [3.05, 3.63) is 64.9 Å². The van der Waals surface area contributed by atoms with Gasteiger partial charge >= 0.3 is 0 Å². The SMILES string of the molecule is O=C(Cc1cccs1)Nc1ccc(N2CCN(C(=O)c3ccco3)CC2)cn1. The second-order valence-corrected chi connectivity index (χ2v) is 7.49. The van der Waals surface area contributed by atoms with Crippen molar-refractivity contribution in [2.24, 2.45) is 0 Å². The van der Waals surface area contributed by atoms with Crippen LogP contribution in [0.1, 0.15) is 15.4 Å². The summed E-state index contributed by atoms with van der Waals surface area (Å²) >= 11 is 1.56. The average Bonchev–Trinajstić information content (AvgIpc) is 3.42. The smallest absolute Gasteiger partial charge is 0.289 e. The molecule has 2 amide bonds. The van der Waals surface area contributed by atoms with E-state index in [9.17, 15) is 9.59 Å². The first-order valence-corrected chi connectivity index (χ1v) is 9.93. The number of pyridine rings is 1. The first-order valence-electron chi connectivity index (χ1n) is 9.05. The number of aromatic nitrogens is 1. The van der Waals surface area contributed by atoms with Gasteiger partial charge in [-0.15, -0.1) is 11.3 Å². The predicted molar refractivity (Wildman–Crippen MR) is 108 cm³/mol. The molecule has 4 heterocycles. The summed E-state index contributed by atoms with van der Waals surface area (Å²) in [5, 5.41) is 4.78. The number of carbonyl (C=O) groups excluding carboxylic acids is 2. The summed E-state index contributed by atoms with van der Waals surface area (Å²) in [4.78, 5) is 33.7. The van der Waals surface area contributed by atoms with E-state index in [2.05, 4.69) is 15.2 Å². The molecule has 0 saturated carbocycles. The summed E-state index contributed by atoms with van der Waals surface area (Å²) in [5.41, 5.74) is 0.973. The maximum atomic E-state index is 12.3. The molecule has 0 atom stereocenters. The van der Waals surface area contributed by atoms with Crippen molar-refractivity contribution in [2.75, 3.05) is 36.4 Å². The summed E-state index contributed by atoms with van der Waals surface area (Å²) in [6, 6.07) is 11.0. The van der Waals surface area contributed by atoms with E-state index in [0.717, 1.165) is 23.7 Å². The van der Waals surface area contributed by atoms with Crippen LogP contribution in [-0.2, 0) is 11.2 Å². The minimum Gasteiger partial charge on any atom is -0.459 e. The van der Waals surface area contributed by atoms with Gasteiger partial charge in [-0.3, -0.25) is 9.59 Å². The Morgan fingerprint density at radius 2 is 1.96 bits per heavy atom. The number of furan rings is 1. The van der Waals surface area contributed by atoms with Crippen molar-refractivity contribution in [2.45, 2.75) is 6.42 Å². The Morgan fingerprint density at radius 1 is 1.11 bits per heavy atom. The van der Waals surface area contributed by atoms with Crippen molar-refractivity contribution < 1.29 is 14.0 Å². The van der Waals surface area contributed by atoms with Crippen LogP contribution in [0.15, 0.2) is 58.7 Å². The maximum absolute atomic E-state index is 12.3. The van der Waals surface area contributed by atoms with E-state index >= 15 is 0 Å². The van der Waals surface area contributed by atoms with Crippen LogP contribution in [0, 0.1) is 0 Å². The van der Waals surface area contributed by atoms with Crippen LogP contribution in [0.25, 0.3) is 0 Å². The van der Waals surface area contributed by atoms with Gasteiger partial charge in [-0.1, -0.05) is 6.07 Å². The molecule has 4 rings (SSSR count). The van der Waals surface area contributed by atoms with Crippen molar-refractivity contribution in [3.63, 3.8) is 0 Å². The molecule has 144 valence electrons. The third-order valence-electron chi connectivity index (χ3n) is 4.59. The number of hydrogen-bond donors (Lipinski definition) is 1. The van der Waals surface area contributed by atoms with Gasteiger partial charge in [0.1, 0.15) is 5.82 Å². The largest absolute Gasteiger partial charge is 0.459 e. The number of nitrogens with zero attached hydrogens (tertiary/aromatic N) is 3. The first kappa shape index (κ1) is 18.2. The normalized spacial score (nSPS) is 14.1. The van der Waals surface area contributed by atoms with E-state index < -0.39 is 0 Å². The van der Waals surface area contributed by atoms with Gasteiger partial charge in [0.2, 0.25) is 5.91 Å². The minimum absolute atomic E-state index is 0.0762. The Hall–Kier alpha value is -3.13. The summed E-state index contributed by atoms with van der Waals surface area (Å²) < 4.78 is 5.19. The highest BCUT2D eigenvalue weighted by Crippen LogP contribution is 2.19. The highest BCUT2D eigenvalue weighted by atomic mass is 32.1. The fourth-order valence-electron chi connectivity index (χ4n) is 3.13. The van der Waals surface area contributed by atoms with Crippen LogP contribution in [-0.4, -0.2) is 47.9 Å². The molecule has 0 spiro atoms. The number of hydrogen-bond acceptors (Lipinski definition) is 6. The molecular formula is C20H20N4O3S. The Bertz CT molecular complexity index is 915. The molecule has 1 aliphatic heterocycles. The highest BCUT2D eigenvalue weighted by Gasteiger charge is 2.23. The average molecular weight is 396 g/mol. The lowest BCUT2D eigenvalue weighted by Gasteiger charge is -2.35. The Labute approximate surface area is 166 Å². The van der Waals surface area contributed by atoms with Crippen molar-refractivity contribution in [3.8, 4) is 0 Å². The Morgan fingerprint density at radius 3 is 2.61 bits per heavy atom. The molecule has 8 heteroatoms. The fraction of sp³-hybridized carbons (Fsp3) is 0.250. The molecule has 0 aliphatic carbocycles. The third kappa shape index (κ3) is 4.23. The second-order valence-electron chi connectivity index (χ2n) is 6.46. The summed E-state index contributed by atoms with van der Waals surface area (Å²) in [5.74, 6) is 0.758. The number of amides is 2. The van der Waals surface area contributed by atoms with Gasteiger partial charge in [0.25, 0.3) is 5.91 Å². The third-order valence-corrected chi connectivity index (χ3v) is 5.47. The molecule has 1 fully saturated rings. The van der Waals surface area contributed by atoms with E-state index in [0.29, 0.717) is 31.1 Å². The number of rotatable bonds is 5. The van der Waals surface area contributed by atoms with Gasteiger partial charge in [0.15, 0.2) is 5.76 Å². The number of thiophene rings is 1. The van der Waals surface area contributed by atoms with E-state index in [-0.39, 0.29) is 11.8 Å². The van der Waals surface area contributed by atoms with Crippen molar-refractivity contribution in [1.82, 2.24) is 9.88 Å². The molecule has 0 bridgehead atoms. The topological polar surface area (TPSA) is 78.7 Å². The number of piperazine rings is 1. The lowest BCUT2D eigenvalue weighted by Crippen LogP contribution is -2.48.